The van der Waals surface area contributed by atoms with Gasteiger partial charge in [-0.2, -0.15) is 5.26 Å². The Hall–Kier alpha value is -2.54. The van der Waals surface area contributed by atoms with Crippen molar-refractivity contribution in [1.29, 1.82) is 5.26 Å². The molecule has 4 heteroatoms. The summed E-state index contributed by atoms with van der Waals surface area (Å²) >= 11 is 0. The first-order valence-corrected chi connectivity index (χ1v) is 6.71. The second-order valence-electron chi connectivity index (χ2n) is 4.60. The van der Waals surface area contributed by atoms with Gasteiger partial charge >= 0.3 is 0 Å². The van der Waals surface area contributed by atoms with Crippen LogP contribution in [0.15, 0.2) is 42.5 Å². The SMILES string of the molecule is Cc1ccc(OCCCOc2ccc(C#N)cc2)cc1F. The van der Waals surface area contributed by atoms with Crippen molar-refractivity contribution in [1.82, 2.24) is 0 Å². The Morgan fingerprint density at radius 3 is 2.24 bits per heavy atom. The van der Waals surface area contributed by atoms with E-state index in [1.807, 2.05) is 0 Å². The van der Waals surface area contributed by atoms with Crippen LogP contribution in [-0.2, 0) is 0 Å². The molecule has 0 radical (unpaired) electrons. The summed E-state index contributed by atoms with van der Waals surface area (Å²) in [6.45, 7) is 2.67. The Kier molecular flexibility index (Phi) is 5.16. The van der Waals surface area contributed by atoms with E-state index in [1.165, 1.54) is 6.07 Å². The van der Waals surface area contributed by atoms with Crippen molar-refractivity contribution < 1.29 is 13.9 Å². The molecule has 0 aliphatic rings. The standard InChI is InChI=1S/C17H16FNO2/c1-13-3-6-16(11-17(13)18)21-10-2-9-20-15-7-4-14(12-19)5-8-15/h3-8,11H,2,9-10H2,1H3. The number of halogens is 1. The Bertz CT molecular complexity index is 632. The lowest BCUT2D eigenvalue weighted by Crippen LogP contribution is -2.05. The van der Waals surface area contributed by atoms with Crippen LogP contribution in [0, 0.1) is 24.1 Å². The van der Waals surface area contributed by atoms with E-state index in [4.69, 9.17) is 14.7 Å². The zero-order valence-electron chi connectivity index (χ0n) is 11.8. The fourth-order valence-electron chi connectivity index (χ4n) is 1.73. The van der Waals surface area contributed by atoms with Gasteiger partial charge in [0.25, 0.3) is 0 Å². The molecule has 2 aromatic rings. The highest BCUT2D eigenvalue weighted by Gasteiger charge is 2.00. The first-order valence-electron chi connectivity index (χ1n) is 6.71. The second kappa shape index (κ2) is 7.30. The molecule has 0 heterocycles. The lowest BCUT2D eigenvalue weighted by atomic mass is 10.2. The summed E-state index contributed by atoms with van der Waals surface area (Å²) < 4.78 is 24.3. The second-order valence-corrected chi connectivity index (χ2v) is 4.60. The summed E-state index contributed by atoms with van der Waals surface area (Å²) in [4.78, 5) is 0. The summed E-state index contributed by atoms with van der Waals surface area (Å²) in [5.41, 5.74) is 1.21. The fraction of sp³-hybridized carbons (Fsp3) is 0.235. The maximum Gasteiger partial charge on any atom is 0.129 e. The van der Waals surface area contributed by atoms with Gasteiger partial charge in [-0.05, 0) is 42.8 Å². The van der Waals surface area contributed by atoms with Crippen LogP contribution in [0.2, 0.25) is 0 Å². The van der Waals surface area contributed by atoms with Gasteiger partial charge in [-0.1, -0.05) is 6.07 Å². The molecule has 0 spiro atoms. The van der Waals surface area contributed by atoms with Crippen molar-refractivity contribution in [3.8, 4) is 17.6 Å². The van der Waals surface area contributed by atoms with Gasteiger partial charge in [0.05, 0.1) is 24.8 Å². The number of nitriles is 1. The van der Waals surface area contributed by atoms with Crippen molar-refractivity contribution >= 4 is 0 Å². The predicted octanol–water partition coefficient (Wildman–Crippen LogP) is 3.85. The van der Waals surface area contributed by atoms with Crippen LogP contribution in [0.3, 0.4) is 0 Å². The first kappa shape index (κ1) is 14.9. The molecule has 21 heavy (non-hydrogen) atoms. The van der Waals surface area contributed by atoms with E-state index in [-0.39, 0.29) is 5.82 Å². The van der Waals surface area contributed by atoms with Crippen LogP contribution in [0.5, 0.6) is 11.5 Å². The number of benzene rings is 2. The van der Waals surface area contributed by atoms with Crippen molar-refractivity contribution in [2.45, 2.75) is 13.3 Å². The van der Waals surface area contributed by atoms with Crippen molar-refractivity contribution in [2.75, 3.05) is 13.2 Å². The molecule has 0 bridgehead atoms. The topological polar surface area (TPSA) is 42.2 Å². The molecule has 0 fully saturated rings. The van der Waals surface area contributed by atoms with E-state index in [9.17, 15) is 4.39 Å². The summed E-state index contributed by atoms with van der Waals surface area (Å²) in [6.07, 6.45) is 0.690. The molecule has 2 aromatic carbocycles. The quantitative estimate of drug-likeness (QED) is 0.757. The van der Waals surface area contributed by atoms with Crippen LogP contribution in [-0.4, -0.2) is 13.2 Å². The van der Waals surface area contributed by atoms with E-state index in [2.05, 4.69) is 6.07 Å². The zero-order valence-corrected chi connectivity index (χ0v) is 11.8. The van der Waals surface area contributed by atoms with Crippen molar-refractivity contribution in [2.24, 2.45) is 0 Å². The Morgan fingerprint density at radius 1 is 1.00 bits per heavy atom. The fourth-order valence-corrected chi connectivity index (χ4v) is 1.73. The highest BCUT2D eigenvalue weighted by Crippen LogP contribution is 2.16. The Balaban J connectivity index is 1.69. The lowest BCUT2D eigenvalue weighted by molar-refractivity contribution is 0.247. The summed E-state index contributed by atoms with van der Waals surface area (Å²) in [6, 6.07) is 13.8. The summed E-state index contributed by atoms with van der Waals surface area (Å²) in [5.74, 6) is 0.980. The molecular formula is C17H16FNO2. The molecule has 0 aliphatic heterocycles. The van der Waals surface area contributed by atoms with E-state index in [0.29, 0.717) is 36.5 Å². The third kappa shape index (κ3) is 4.50. The van der Waals surface area contributed by atoms with Gasteiger partial charge in [0.1, 0.15) is 17.3 Å². The minimum Gasteiger partial charge on any atom is -0.493 e. The third-order valence-corrected chi connectivity index (χ3v) is 2.95. The number of hydrogen-bond donors (Lipinski definition) is 0. The average Bonchev–Trinajstić information content (AvgIpc) is 2.51. The summed E-state index contributed by atoms with van der Waals surface area (Å²) in [5, 5.41) is 8.69. The molecule has 2 rings (SSSR count). The van der Waals surface area contributed by atoms with Crippen molar-refractivity contribution in [3.63, 3.8) is 0 Å². The maximum absolute atomic E-state index is 13.3. The minimum absolute atomic E-state index is 0.263. The minimum atomic E-state index is -0.263. The van der Waals surface area contributed by atoms with E-state index in [0.717, 1.165) is 5.75 Å². The predicted molar refractivity (Wildman–Crippen MR) is 77.9 cm³/mol. The van der Waals surface area contributed by atoms with Crippen LogP contribution in [0.1, 0.15) is 17.5 Å². The smallest absolute Gasteiger partial charge is 0.129 e. The highest BCUT2D eigenvalue weighted by atomic mass is 19.1. The number of rotatable bonds is 6. The van der Waals surface area contributed by atoms with Gasteiger partial charge in [-0.15, -0.1) is 0 Å². The molecule has 0 aromatic heterocycles. The number of nitrogens with zero attached hydrogens (tertiary/aromatic N) is 1. The molecule has 0 saturated heterocycles. The van der Waals surface area contributed by atoms with Gasteiger partial charge in [0.2, 0.25) is 0 Å². The molecule has 0 atom stereocenters. The van der Waals surface area contributed by atoms with Gasteiger partial charge in [0.15, 0.2) is 0 Å². The monoisotopic (exact) mass is 285 g/mol. The van der Waals surface area contributed by atoms with Crippen LogP contribution < -0.4 is 9.47 Å². The van der Waals surface area contributed by atoms with Gasteiger partial charge in [0, 0.05) is 12.5 Å². The van der Waals surface area contributed by atoms with Gasteiger partial charge < -0.3 is 9.47 Å². The van der Waals surface area contributed by atoms with Crippen LogP contribution >= 0.6 is 0 Å². The number of hydrogen-bond acceptors (Lipinski definition) is 3. The lowest BCUT2D eigenvalue weighted by Gasteiger charge is -2.08. The molecule has 108 valence electrons. The average molecular weight is 285 g/mol. The number of aryl methyl sites for hydroxylation is 1. The van der Waals surface area contributed by atoms with E-state index >= 15 is 0 Å². The summed E-state index contributed by atoms with van der Waals surface area (Å²) in [7, 11) is 0. The zero-order chi connectivity index (χ0) is 15.1. The Morgan fingerprint density at radius 2 is 1.62 bits per heavy atom. The van der Waals surface area contributed by atoms with Gasteiger partial charge in [-0.25, -0.2) is 4.39 Å². The largest absolute Gasteiger partial charge is 0.493 e. The molecule has 0 saturated carbocycles. The molecule has 0 amide bonds. The molecular weight excluding hydrogens is 269 g/mol. The molecule has 0 N–H and O–H groups in total. The van der Waals surface area contributed by atoms with Crippen molar-refractivity contribution in [3.05, 3.63) is 59.4 Å². The highest BCUT2D eigenvalue weighted by molar-refractivity contribution is 5.34. The normalized spacial score (nSPS) is 9.95. The van der Waals surface area contributed by atoms with Crippen LogP contribution in [0.25, 0.3) is 0 Å². The molecule has 3 nitrogen and oxygen atoms in total. The van der Waals surface area contributed by atoms with Crippen LogP contribution in [0.4, 0.5) is 4.39 Å². The van der Waals surface area contributed by atoms with E-state index in [1.54, 1.807) is 43.3 Å². The Labute approximate surface area is 123 Å². The molecule has 0 aliphatic carbocycles. The third-order valence-electron chi connectivity index (χ3n) is 2.95. The number of ether oxygens (including phenoxy) is 2. The molecule has 0 unspecified atom stereocenters. The first-order chi connectivity index (χ1) is 10.2. The maximum atomic E-state index is 13.3. The van der Waals surface area contributed by atoms with E-state index < -0.39 is 0 Å². The van der Waals surface area contributed by atoms with Gasteiger partial charge in [-0.3, -0.25) is 0 Å².